The van der Waals surface area contributed by atoms with Gasteiger partial charge in [-0.1, -0.05) is 20.4 Å². The Morgan fingerprint density at radius 3 is 2.67 bits per heavy atom. The fourth-order valence-corrected chi connectivity index (χ4v) is 0.650. The molecule has 0 aromatic carbocycles. The topological polar surface area (TPSA) is 24.4 Å². The molecule has 0 aromatic heterocycles. The molecule has 0 heterocycles. The molecule has 0 amide bonds. The molecule has 9 heavy (non-hydrogen) atoms. The van der Waals surface area contributed by atoms with E-state index in [9.17, 15) is 0 Å². The van der Waals surface area contributed by atoms with Crippen molar-refractivity contribution >= 4 is 6.72 Å². The zero-order valence-corrected chi connectivity index (χ0v) is 6.15. The van der Waals surface area contributed by atoms with E-state index in [-0.39, 0.29) is 1.43 Å². The number of nitrogens with zero attached hydrogens (tertiary/aromatic N) is 1. The largest absolute Gasteiger partial charge is 0.284 e. The minimum atomic E-state index is 0. The molecule has 0 aromatic rings. The van der Waals surface area contributed by atoms with Gasteiger partial charge in [-0.25, -0.2) is 0 Å². The van der Waals surface area contributed by atoms with Gasteiger partial charge in [0.1, 0.15) is 0 Å². The number of hydrogen-bond donors (Lipinski definition) is 1. The third kappa shape index (κ3) is 5.07. The molecule has 0 unspecified atom stereocenters. The van der Waals surface area contributed by atoms with Crippen LogP contribution in [0, 0.1) is 5.92 Å². The van der Waals surface area contributed by atoms with Crippen molar-refractivity contribution in [1.29, 1.82) is 0 Å². The van der Waals surface area contributed by atoms with Gasteiger partial charge in [-0.2, -0.15) is 5.10 Å². The summed E-state index contributed by atoms with van der Waals surface area (Å²) in [4.78, 5) is 0. The summed E-state index contributed by atoms with van der Waals surface area (Å²) in [6, 6.07) is 0. The van der Waals surface area contributed by atoms with Crippen LogP contribution in [-0.2, 0) is 0 Å². The molecule has 0 saturated carbocycles. The van der Waals surface area contributed by atoms with Gasteiger partial charge < -0.3 is 0 Å². The summed E-state index contributed by atoms with van der Waals surface area (Å²) in [6.07, 6.45) is 0.957. The van der Waals surface area contributed by atoms with Crippen molar-refractivity contribution in [3.8, 4) is 0 Å². The zero-order valence-electron chi connectivity index (χ0n) is 6.15. The second-order valence-corrected chi connectivity index (χ2v) is 2.47. The van der Waals surface area contributed by atoms with E-state index in [1.807, 2.05) is 0 Å². The molecule has 0 aliphatic heterocycles. The van der Waals surface area contributed by atoms with Crippen LogP contribution in [0.5, 0.6) is 0 Å². The molecule has 0 bridgehead atoms. The van der Waals surface area contributed by atoms with Crippen LogP contribution in [0.3, 0.4) is 0 Å². The van der Waals surface area contributed by atoms with Crippen molar-refractivity contribution in [2.45, 2.75) is 20.3 Å². The van der Waals surface area contributed by atoms with Crippen molar-refractivity contribution in [3.05, 3.63) is 12.3 Å². The molecule has 0 aliphatic rings. The fraction of sp³-hybridized carbons (Fsp3) is 0.571. The first-order valence-electron chi connectivity index (χ1n) is 3.06. The van der Waals surface area contributed by atoms with Crippen LogP contribution in [0.15, 0.2) is 17.4 Å². The van der Waals surface area contributed by atoms with Crippen LogP contribution in [0.1, 0.15) is 21.7 Å². The molecule has 0 aliphatic carbocycles. The second-order valence-electron chi connectivity index (χ2n) is 2.47. The van der Waals surface area contributed by atoms with Gasteiger partial charge in [0.2, 0.25) is 0 Å². The monoisotopic (exact) mass is 128 g/mol. The molecule has 0 rings (SSSR count). The minimum absolute atomic E-state index is 0. The standard InChI is InChI=1S/C7H14N2.H2/c1-6(2)5-7(3)9-8-4;/h6,9H,3-5H2,1-2H3;1H. The zero-order chi connectivity index (χ0) is 7.28. The summed E-state index contributed by atoms with van der Waals surface area (Å²) in [5.41, 5.74) is 3.63. The van der Waals surface area contributed by atoms with Crippen molar-refractivity contribution in [3.63, 3.8) is 0 Å². The van der Waals surface area contributed by atoms with Crippen molar-refractivity contribution in [2.24, 2.45) is 11.0 Å². The number of hydrogen-bond acceptors (Lipinski definition) is 2. The van der Waals surface area contributed by atoms with Gasteiger partial charge in [-0.05, 0) is 12.3 Å². The maximum atomic E-state index is 3.74. The highest BCUT2D eigenvalue weighted by Gasteiger charge is 1.94. The molecular weight excluding hydrogens is 112 g/mol. The maximum Gasteiger partial charge on any atom is 0.0266 e. The highest BCUT2D eigenvalue weighted by Crippen LogP contribution is 2.04. The lowest BCUT2D eigenvalue weighted by Crippen LogP contribution is -2.05. The van der Waals surface area contributed by atoms with E-state index in [1.54, 1.807) is 0 Å². The lowest BCUT2D eigenvalue weighted by atomic mass is 10.1. The summed E-state index contributed by atoms with van der Waals surface area (Å²) in [7, 11) is 0. The Balaban J connectivity index is 0. The predicted molar refractivity (Wildman–Crippen MR) is 43.4 cm³/mol. The summed E-state index contributed by atoms with van der Waals surface area (Å²) in [6.45, 7) is 11.3. The molecule has 0 spiro atoms. The van der Waals surface area contributed by atoms with Crippen molar-refractivity contribution < 1.29 is 1.43 Å². The van der Waals surface area contributed by atoms with E-state index in [0.29, 0.717) is 5.92 Å². The van der Waals surface area contributed by atoms with Gasteiger partial charge in [-0.3, -0.25) is 5.43 Å². The Hall–Kier alpha value is -0.790. The lowest BCUT2D eigenvalue weighted by Gasteiger charge is -2.05. The summed E-state index contributed by atoms with van der Waals surface area (Å²) < 4.78 is 0. The van der Waals surface area contributed by atoms with E-state index in [1.165, 1.54) is 0 Å². The van der Waals surface area contributed by atoms with E-state index >= 15 is 0 Å². The van der Waals surface area contributed by atoms with Gasteiger partial charge in [0.25, 0.3) is 0 Å². The quantitative estimate of drug-likeness (QED) is 0.454. The molecule has 1 N–H and O–H groups in total. The average molecular weight is 128 g/mol. The molecular formula is C7H16N2. The van der Waals surface area contributed by atoms with E-state index in [4.69, 9.17) is 0 Å². The van der Waals surface area contributed by atoms with Crippen LogP contribution in [-0.4, -0.2) is 6.72 Å². The molecule has 54 valence electrons. The van der Waals surface area contributed by atoms with Crippen LogP contribution in [0.25, 0.3) is 0 Å². The summed E-state index contributed by atoms with van der Waals surface area (Å²) >= 11 is 0. The van der Waals surface area contributed by atoms with Crippen LogP contribution in [0.2, 0.25) is 0 Å². The van der Waals surface area contributed by atoms with E-state index < -0.39 is 0 Å². The number of hydrazone groups is 1. The molecule has 0 atom stereocenters. The second kappa shape index (κ2) is 4.13. The summed E-state index contributed by atoms with van der Waals surface area (Å²) in [5, 5.41) is 3.49. The minimum Gasteiger partial charge on any atom is -0.284 e. The first-order chi connectivity index (χ1) is 4.16. The normalized spacial score (nSPS) is 9.22. The fourth-order valence-electron chi connectivity index (χ4n) is 0.650. The predicted octanol–water partition coefficient (Wildman–Crippen LogP) is 2.00. The average Bonchev–Trinajstić information content (AvgIpc) is 1.63. The Morgan fingerprint density at radius 1 is 1.78 bits per heavy atom. The molecule has 2 nitrogen and oxygen atoms in total. The van der Waals surface area contributed by atoms with Crippen molar-refractivity contribution in [2.75, 3.05) is 0 Å². The third-order valence-electron chi connectivity index (χ3n) is 0.892. The smallest absolute Gasteiger partial charge is 0.0266 e. The third-order valence-corrected chi connectivity index (χ3v) is 0.892. The van der Waals surface area contributed by atoms with Crippen LogP contribution in [0.4, 0.5) is 0 Å². The number of allylic oxidation sites excluding steroid dienone is 1. The van der Waals surface area contributed by atoms with Gasteiger partial charge in [0, 0.05) is 13.8 Å². The van der Waals surface area contributed by atoms with Crippen LogP contribution >= 0.6 is 0 Å². The first kappa shape index (κ1) is 8.21. The first-order valence-corrected chi connectivity index (χ1v) is 3.06. The van der Waals surface area contributed by atoms with Crippen LogP contribution < -0.4 is 5.43 Å². The Kier molecular flexibility index (Phi) is 3.76. The SMILES string of the molecule is C=NNC(=C)CC(C)C.[HH]. The van der Waals surface area contributed by atoms with Gasteiger partial charge in [0.15, 0.2) is 0 Å². The molecule has 0 radical (unpaired) electrons. The highest BCUT2D eigenvalue weighted by atomic mass is 15.3. The lowest BCUT2D eigenvalue weighted by molar-refractivity contribution is 0.612. The Morgan fingerprint density at radius 2 is 2.33 bits per heavy atom. The van der Waals surface area contributed by atoms with E-state index in [2.05, 4.69) is 37.7 Å². The summed E-state index contributed by atoms with van der Waals surface area (Å²) in [5.74, 6) is 0.631. The molecule has 0 saturated heterocycles. The van der Waals surface area contributed by atoms with Gasteiger partial charge in [-0.15, -0.1) is 0 Å². The number of rotatable bonds is 4. The van der Waals surface area contributed by atoms with Gasteiger partial charge >= 0.3 is 0 Å². The molecule has 0 fully saturated rings. The van der Waals surface area contributed by atoms with Crippen molar-refractivity contribution in [1.82, 2.24) is 5.43 Å². The number of nitrogens with one attached hydrogen (secondary N) is 1. The molecule has 2 heteroatoms. The Bertz CT molecular complexity index is 110. The van der Waals surface area contributed by atoms with E-state index in [0.717, 1.165) is 12.1 Å². The Labute approximate surface area is 58.1 Å². The highest BCUT2D eigenvalue weighted by molar-refractivity contribution is 5.23. The maximum absolute atomic E-state index is 3.74. The van der Waals surface area contributed by atoms with Gasteiger partial charge in [0.05, 0.1) is 0 Å².